The maximum absolute atomic E-state index is 14.2. The molecule has 1 fully saturated rings. The number of methoxy groups -OCH3 is 1. The molecule has 0 spiro atoms. The van der Waals surface area contributed by atoms with Crippen LogP contribution in [0.3, 0.4) is 0 Å². The lowest BCUT2D eigenvalue weighted by molar-refractivity contribution is -0.143. The fourth-order valence-corrected chi connectivity index (χ4v) is 6.17. The van der Waals surface area contributed by atoms with E-state index >= 15 is 0 Å². The molecule has 0 aliphatic carbocycles. The Labute approximate surface area is 232 Å². The first-order valence-electron chi connectivity index (χ1n) is 14.1. The number of thiazole rings is 1. The minimum atomic E-state index is -0.935. The van der Waals surface area contributed by atoms with E-state index in [0.29, 0.717) is 11.6 Å². The molecule has 9 nitrogen and oxygen atoms in total. The molecule has 2 amide bonds. The second kappa shape index (κ2) is 15.5. The zero-order chi connectivity index (χ0) is 28.4. The van der Waals surface area contributed by atoms with E-state index in [4.69, 9.17) is 4.74 Å². The van der Waals surface area contributed by atoms with Crippen molar-refractivity contribution in [1.29, 1.82) is 0 Å². The van der Waals surface area contributed by atoms with Gasteiger partial charge in [0.15, 0.2) is 5.69 Å². The number of hydrogen-bond donors (Lipinski definition) is 2. The van der Waals surface area contributed by atoms with E-state index in [-0.39, 0.29) is 47.8 Å². The Kier molecular flexibility index (Phi) is 13.1. The van der Waals surface area contributed by atoms with E-state index in [1.807, 2.05) is 32.7 Å². The van der Waals surface area contributed by atoms with Crippen molar-refractivity contribution < 1.29 is 24.2 Å². The number of likely N-dealkylation sites (N-methyl/N-ethyl adjacent to an activating group) is 1. The van der Waals surface area contributed by atoms with Crippen LogP contribution in [0.4, 0.5) is 0 Å². The number of piperidine rings is 1. The Morgan fingerprint density at radius 3 is 2.47 bits per heavy atom. The number of rotatable bonds is 14. The van der Waals surface area contributed by atoms with Crippen LogP contribution in [-0.2, 0) is 14.3 Å². The molecule has 1 aromatic rings. The second-order valence-corrected chi connectivity index (χ2v) is 11.6. The Hall–Kier alpha value is -2.04. The van der Waals surface area contributed by atoms with Crippen LogP contribution in [0, 0.1) is 11.8 Å². The number of likely N-dealkylation sites (tertiary alicyclic amines) is 1. The van der Waals surface area contributed by atoms with Gasteiger partial charge in [0.25, 0.3) is 0 Å². The van der Waals surface area contributed by atoms with Gasteiger partial charge in [0.1, 0.15) is 17.2 Å². The monoisotopic (exact) mass is 552 g/mol. The molecule has 0 saturated carbocycles. The number of nitrogens with zero attached hydrogens (tertiary/aromatic N) is 3. The molecular weight excluding hydrogens is 504 g/mol. The standard InChI is InChI=1S/C28H48N4O5S/c1-8-14-32(22(18(4)5)16-23(33)26-29-20(17-38-26)28(36)37-7)27(35)24(19(9-2)10-3)30-25(34)21-13-11-12-15-31(21)6/h17-19,21-24,33H,8-16H2,1-7H3,(H,30,34)/t21-,22-,23-,24+/m1/s1. The Morgan fingerprint density at radius 1 is 1.24 bits per heavy atom. The third kappa shape index (κ3) is 8.23. The molecule has 1 saturated heterocycles. The van der Waals surface area contributed by atoms with Gasteiger partial charge in [-0.2, -0.15) is 0 Å². The lowest BCUT2D eigenvalue weighted by Gasteiger charge is -2.40. The van der Waals surface area contributed by atoms with Crippen molar-refractivity contribution in [3.05, 3.63) is 16.1 Å². The van der Waals surface area contributed by atoms with Gasteiger partial charge in [-0.25, -0.2) is 9.78 Å². The normalized spacial score (nSPS) is 18.7. The molecule has 0 unspecified atom stereocenters. The van der Waals surface area contributed by atoms with Gasteiger partial charge in [0.05, 0.1) is 13.2 Å². The van der Waals surface area contributed by atoms with Gasteiger partial charge in [-0.15, -0.1) is 11.3 Å². The van der Waals surface area contributed by atoms with Crippen LogP contribution in [0.15, 0.2) is 5.38 Å². The maximum Gasteiger partial charge on any atom is 0.357 e. The van der Waals surface area contributed by atoms with Crippen molar-refractivity contribution in [3.63, 3.8) is 0 Å². The zero-order valence-electron chi connectivity index (χ0n) is 24.2. The average Bonchev–Trinajstić information content (AvgIpc) is 3.40. The van der Waals surface area contributed by atoms with Crippen LogP contribution in [0.25, 0.3) is 0 Å². The quantitative estimate of drug-likeness (QED) is 0.335. The fraction of sp³-hybridized carbons (Fsp3) is 0.786. The molecule has 0 aromatic carbocycles. The first kappa shape index (κ1) is 32.2. The van der Waals surface area contributed by atoms with Crippen LogP contribution < -0.4 is 5.32 Å². The van der Waals surface area contributed by atoms with Gasteiger partial charge in [-0.05, 0) is 44.7 Å². The van der Waals surface area contributed by atoms with Crippen molar-refractivity contribution in [3.8, 4) is 0 Å². The largest absolute Gasteiger partial charge is 0.464 e. The molecule has 1 aromatic heterocycles. The number of ether oxygens (including phenoxy) is 1. The molecule has 2 N–H and O–H groups in total. The lowest BCUT2D eigenvalue weighted by Crippen LogP contribution is -2.59. The molecule has 0 radical (unpaired) electrons. The first-order valence-corrected chi connectivity index (χ1v) is 15.0. The molecule has 38 heavy (non-hydrogen) atoms. The summed E-state index contributed by atoms with van der Waals surface area (Å²) >= 11 is 1.20. The summed E-state index contributed by atoms with van der Waals surface area (Å²) in [5, 5.41) is 16.2. The summed E-state index contributed by atoms with van der Waals surface area (Å²) in [4.78, 5) is 47.6. The number of aromatic nitrogens is 1. The second-order valence-electron chi connectivity index (χ2n) is 10.7. The number of aliphatic hydroxyl groups is 1. The zero-order valence-corrected chi connectivity index (χ0v) is 25.1. The van der Waals surface area contributed by atoms with Crippen molar-refractivity contribution in [2.24, 2.45) is 11.8 Å². The first-order chi connectivity index (χ1) is 18.1. The van der Waals surface area contributed by atoms with E-state index in [1.54, 1.807) is 5.38 Å². The topological polar surface area (TPSA) is 112 Å². The summed E-state index contributed by atoms with van der Waals surface area (Å²) in [6.07, 6.45) is 4.54. The predicted octanol–water partition coefficient (Wildman–Crippen LogP) is 4.02. The Bertz CT molecular complexity index is 904. The van der Waals surface area contributed by atoms with E-state index < -0.39 is 18.1 Å². The van der Waals surface area contributed by atoms with Crippen molar-refractivity contribution in [1.82, 2.24) is 20.1 Å². The highest BCUT2D eigenvalue weighted by atomic mass is 32.1. The summed E-state index contributed by atoms with van der Waals surface area (Å²) in [6.45, 7) is 11.6. The van der Waals surface area contributed by atoms with E-state index in [1.165, 1.54) is 18.4 Å². The number of aliphatic hydroxyl groups excluding tert-OH is 1. The molecule has 2 rings (SSSR count). The molecular formula is C28H48N4O5S. The van der Waals surface area contributed by atoms with Gasteiger partial charge in [-0.1, -0.05) is 53.9 Å². The van der Waals surface area contributed by atoms with E-state index in [9.17, 15) is 19.5 Å². The molecule has 216 valence electrons. The Morgan fingerprint density at radius 2 is 1.92 bits per heavy atom. The molecule has 2 heterocycles. The maximum atomic E-state index is 14.2. The number of carbonyl (C=O) groups is 3. The fourth-order valence-electron chi connectivity index (χ4n) is 5.38. The summed E-state index contributed by atoms with van der Waals surface area (Å²) in [7, 11) is 3.27. The highest BCUT2D eigenvalue weighted by Gasteiger charge is 2.38. The number of esters is 1. The number of carbonyl (C=O) groups excluding carboxylic acids is 3. The minimum Gasteiger partial charge on any atom is -0.464 e. The summed E-state index contributed by atoms with van der Waals surface area (Å²) in [6, 6.07) is -1.11. The van der Waals surface area contributed by atoms with Crippen molar-refractivity contribution in [2.75, 3.05) is 27.2 Å². The van der Waals surface area contributed by atoms with E-state index in [2.05, 4.69) is 29.0 Å². The van der Waals surface area contributed by atoms with Crippen LogP contribution in [0.5, 0.6) is 0 Å². The van der Waals surface area contributed by atoms with Gasteiger partial charge >= 0.3 is 5.97 Å². The third-order valence-corrected chi connectivity index (χ3v) is 8.69. The van der Waals surface area contributed by atoms with Crippen molar-refractivity contribution in [2.45, 2.75) is 104 Å². The summed E-state index contributed by atoms with van der Waals surface area (Å²) < 4.78 is 4.74. The molecule has 1 aliphatic heterocycles. The smallest absolute Gasteiger partial charge is 0.357 e. The number of hydrogen-bond acceptors (Lipinski definition) is 8. The SMILES string of the molecule is CCCN(C(=O)[C@@H](NC(=O)[C@H]1CCCCN1C)C(CC)CC)[C@H](C[C@@H](O)c1nc(C(=O)OC)cs1)C(C)C. The molecule has 4 atom stereocenters. The van der Waals surface area contributed by atoms with Gasteiger partial charge in [0.2, 0.25) is 11.8 Å². The van der Waals surface area contributed by atoms with Gasteiger partial charge < -0.3 is 20.1 Å². The van der Waals surface area contributed by atoms with Crippen LogP contribution >= 0.6 is 11.3 Å². The highest BCUT2D eigenvalue weighted by Crippen LogP contribution is 2.29. The third-order valence-electron chi connectivity index (χ3n) is 7.74. The van der Waals surface area contributed by atoms with E-state index in [0.717, 1.165) is 45.1 Å². The van der Waals surface area contributed by atoms with Crippen LogP contribution in [-0.4, -0.2) is 83.0 Å². The minimum absolute atomic E-state index is 0.0130. The predicted molar refractivity (Wildman–Crippen MR) is 150 cm³/mol. The number of nitrogens with one attached hydrogen (secondary N) is 1. The summed E-state index contributed by atoms with van der Waals surface area (Å²) in [5.41, 5.74) is 0.165. The van der Waals surface area contributed by atoms with Crippen LogP contribution in [0.1, 0.15) is 101 Å². The molecule has 0 bridgehead atoms. The lowest BCUT2D eigenvalue weighted by atomic mass is 9.89. The summed E-state index contributed by atoms with van der Waals surface area (Å²) in [5.74, 6) is -0.641. The highest BCUT2D eigenvalue weighted by molar-refractivity contribution is 7.09. The average molecular weight is 553 g/mol. The van der Waals surface area contributed by atoms with Crippen LogP contribution in [0.2, 0.25) is 0 Å². The van der Waals surface area contributed by atoms with Gasteiger partial charge in [-0.3, -0.25) is 14.5 Å². The Balaban J connectivity index is 2.31. The molecule has 1 aliphatic rings. The van der Waals surface area contributed by atoms with Crippen molar-refractivity contribution >= 4 is 29.1 Å². The van der Waals surface area contributed by atoms with Gasteiger partial charge in [0, 0.05) is 24.4 Å². The molecule has 10 heteroatoms. The number of amides is 2.